The lowest BCUT2D eigenvalue weighted by molar-refractivity contribution is 0.301. The molecule has 4 heteroatoms. The van der Waals surface area contributed by atoms with Crippen molar-refractivity contribution < 1.29 is 9.47 Å². The molecule has 84 valence electrons. The Bertz CT molecular complexity index is 450. The molecule has 0 radical (unpaired) electrons. The Kier molecular flexibility index (Phi) is 3.51. The van der Waals surface area contributed by atoms with Crippen molar-refractivity contribution in [2.24, 2.45) is 0 Å². The molecule has 16 heavy (non-hydrogen) atoms. The van der Waals surface area contributed by atoms with E-state index >= 15 is 0 Å². The second kappa shape index (κ2) is 5.07. The van der Waals surface area contributed by atoms with Crippen LogP contribution in [0.2, 0.25) is 0 Å². The first-order valence-electron chi connectivity index (χ1n) is 4.88. The highest BCUT2D eigenvalue weighted by Gasteiger charge is 1.98. The summed E-state index contributed by atoms with van der Waals surface area (Å²) in [7, 11) is 1.65. The molecule has 1 aromatic heterocycles. The molecule has 0 saturated carbocycles. The van der Waals surface area contributed by atoms with E-state index in [0.717, 1.165) is 21.8 Å². The van der Waals surface area contributed by atoms with Crippen LogP contribution in [-0.4, -0.2) is 12.1 Å². The summed E-state index contributed by atoms with van der Waals surface area (Å²) in [6, 6.07) is 11.5. The van der Waals surface area contributed by atoms with Gasteiger partial charge in [-0.15, -0.1) is 0 Å². The molecule has 0 fully saturated rings. The highest BCUT2D eigenvalue weighted by atomic mass is 79.9. The van der Waals surface area contributed by atoms with Gasteiger partial charge in [0.15, 0.2) is 0 Å². The minimum Gasteiger partial charge on any atom is -0.497 e. The van der Waals surface area contributed by atoms with E-state index in [1.165, 1.54) is 0 Å². The van der Waals surface area contributed by atoms with Gasteiger partial charge in [0.1, 0.15) is 18.1 Å². The third-order valence-corrected chi connectivity index (χ3v) is 2.63. The summed E-state index contributed by atoms with van der Waals surface area (Å²) in [5.41, 5.74) is 1.03. The van der Waals surface area contributed by atoms with Gasteiger partial charge in [-0.1, -0.05) is 0 Å². The lowest BCUT2D eigenvalue weighted by Crippen LogP contribution is -1.95. The Labute approximate surface area is 103 Å². The van der Waals surface area contributed by atoms with Crippen molar-refractivity contribution in [3.05, 3.63) is 46.7 Å². The van der Waals surface area contributed by atoms with Crippen molar-refractivity contribution in [3.8, 4) is 11.5 Å². The average molecular weight is 282 g/mol. The number of nitrogens with one attached hydrogen (secondary N) is 1. The average Bonchev–Trinajstić information content (AvgIpc) is 2.73. The molecule has 0 aliphatic carbocycles. The van der Waals surface area contributed by atoms with E-state index in [-0.39, 0.29) is 0 Å². The summed E-state index contributed by atoms with van der Waals surface area (Å²) in [6.45, 7) is 0.526. The number of hydrogen-bond donors (Lipinski definition) is 1. The molecule has 1 aromatic carbocycles. The van der Waals surface area contributed by atoms with E-state index in [1.807, 2.05) is 36.4 Å². The Morgan fingerprint density at radius 2 is 1.75 bits per heavy atom. The SMILES string of the molecule is COc1ccc(OCc2ccc(Br)[nH]2)cc1. The first-order valence-corrected chi connectivity index (χ1v) is 5.67. The summed E-state index contributed by atoms with van der Waals surface area (Å²) in [6.07, 6.45) is 0. The summed E-state index contributed by atoms with van der Waals surface area (Å²) in [5.74, 6) is 1.65. The molecule has 0 saturated heterocycles. The monoisotopic (exact) mass is 281 g/mol. The topological polar surface area (TPSA) is 34.2 Å². The Morgan fingerprint density at radius 1 is 1.06 bits per heavy atom. The van der Waals surface area contributed by atoms with E-state index in [9.17, 15) is 0 Å². The third kappa shape index (κ3) is 2.79. The number of hydrogen-bond acceptors (Lipinski definition) is 2. The van der Waals surface area contributed by atoms with Gasteiger partial charge in [-0.05, 0) is 52.3 Å². The Balaban J connectivity index is 1.94. The van der Waals surface area contributed by atoms with Gasteiger partial charge in [-0.3, -0.25) is 0 Å². The molecule has 0 aliphatic heterocycles. The fraction of sp³-hybridized carbons (Fsp3) is 0.167. The molecule has 0 unspecified atom stereocenters. The maximum absolute atomic E-state index is 5.60. The molecule has 0 spiro atoms. The lowest BCUT2D eigenvalue weighted by atomic mass is 10.3. The number of benzene rings is 1. The molecular weight excluding hydrogens is 270 g/mol. The normalized spacial score (nSPS) is 10.1. The van der Waals surface area contributed by atoms with Crippen LogP contribution in [0.1, 0.15) is 5.69 Å². The van der Waals surface area contributed by atoms with Gasteiger partial charge in [0.2, 0.25) is 0 Å². The van der Waals surface area contributed by atoms with E-state index in [0.29, 0.717) is 6.61 Å². The van der Waals surface area contributed by atoms with Gasteiger partial charge in [-0.2, -0.15) is 0 Å². The second-order valence-corrected chi connectivity index (χ2v) is 4.15. The molecule has 1 N–H and O–H groups in total. The van der Waals surface area contributed by atoms with Crippen LogP contribution in [0.3, 0.4) is 0 Å². The predicted molar refractivity (Wildman–Crippen MR) is 65.8 cm³/mol. The van der Waals surface area contributed by atoms with Gasteiger partial charge in [-0.25, -0.2) is 0 Å². The number of halogens is 1. The van der Waals surface area contributed by atoms with Crippen molar-refractivity contribution in [1.29, 1.82) is 0 Å². The van der Waals surface area contributed by atoms with Crippen LogP contribution in [0.15, 0.2) is 41.0 Å². The Morgan fingerprint density at radius 3 is 2.31 bits per heavy atom. The zero-order valence-electron chi connectivity index (χ0n) is 8.87. The quantitative estimate of drug-likeness (QED) is 0.933. The number of ether oxygens (including phenoxy) is 2. The number of methoxy groups -OCH3 is 1. The zero-order chi connectivity index (χ0) is 11.4. The molecule has 0 bridgehead atoms. The molecular formula is C12H12BrNO2. The summed E-state index contributed by atoms with van der Waals surface area (Å²) < 4.78 is 11.6. The largest absolute Gasteiger partial charge is 0.497 e. The minimum absolute atomic E-state index is 0.526. The lowest BCUT2D eigenvalue weighted by Gasteiger charge is -2.05. The van der Waals surface area contributed by atoms with Crippen LogP contribution in [0, 0.1) is 0 Å². The van der Waals surface area contributed by atoms with Crippen molar-refractivity contribution in [1.82, 2.24) is 4.98 Å². The Hall–Kier alpha value is -1.42. The summed E-state index contributed by atoms with van der Waals surface area (Å²) in [5, 5.41) is 0. The van der Waals surface area contributed by atoms with Crippen LogP contribution in [0.4, 0.5) is 0 Å². The van der Waals surface area contributed by atoms with Crippen molar-refractivity contribution in [3.63, 3.8) is 0 Å². The van der Waals surface area contributed by atoms with Gasteiger partial charge < -0.3 is 14.5 Å². The van der Waals surface area contributed by atoms with Gasteiger partial charge >= 0.3 is 0 Å². The molecule has 1 heterocycles. The maximum Gasteiger partial charge on any atom is 0.128 e. The van der Waals surface area contributed by atoms with E-state index < -0.39 is 0 Å². The fourth-order valence-corrected chi connectivity index (χ4v) is 1.71. The first kappa shape index (κ1) is 11.1. The zero-order valence-corrected chi connectivity index (χ0v) is 10.5. The van der Waals surface area contributed by atoms with Gasteiger partial charge in [0.05, 0.1) is 17.4 Å². The second-order valence-electron chi connectivity index (χ2n) is 3.30. The third-order valence-electron chi connectivity index (χ3n) is 2.16. The van der Waals surface area contributed by atoms with Crippen LogP contribution in [0.5, 0.6) is 11.5 Å². The van der Waals surface area contributed by atoms with E-state index in [1.54, 1.807) is 7.11 Å². The van der Waals surface area contributed by atoms with Crippen LogP contribution in [-0.2, 0) is 6.61 Å². The van der Waals surface area contributed by atoms with Crippen molar-refractivity contribution in [2.45, 2.75) is 6.61 Å². The summed E-state index contributed by atoms with van der Waals surface area (Å²) in [4.78, 5) is 3.14. The first-order chi connectivity index (χ1) is 7.78. The fourth-order valence-electron chi connectivity index (χ4n) is 1.33. The van der Waals surface area contributed by atoms with Gasteiger partial charge in [0.25, 0.3) is 0 Å². The molecule has 0 amide bonds. The van der Waals surface area contributed by atoms with Crippen LogP contribution >= 0.6 is 15.9 Å². The number of aromatic amines is 1. The molecule has 0 atom stereocenters. The van der Waals surface area contributed by atoms with Crippen LogP contribution < -0.4 is 9.47 Å². The smallest absolute Gasteiger partial charge is 0.128 e. The van der Waals surface area contributed by atoms with E-state index in [4.69, 9.17) is 9.47 Å². The summed E-state index contributed by atoms with van der Waals surface area (Å²) >= 11 is 3.35. The molecule has 3 nitrogen and oxygen atoms in total. The van der Waals surface area contributed by atoms with Gasteiger partial charge in [0, 0.05) is 0 Å². The minimum atomic E-state index is 0.526. The molecule has 2 rings (SSSR count). The van der Waals surface area contributed by atoms with Crippen LogP contribution in [0.25, 0.3) is 0 Å². The van der Waals surface area contributed by atoms with Crippen molar-refractivity contribution >= 4 is 15.9 Å². The highest BCUT2D eigenvalue weighted by Crippen LogP contribution is 2.18. The molecule has 2 aromatic rings. The molecule has 0 aliphatic rings. The van der Waals surface area contributed by atoms with E-state index in [2.05, 4.69) is 20.9 Å². The maximum atomic E-state index is 5.60. The highest BCUT2D eigenvalue weighted by molar-refractivity contribution is 9.10. The van der Waals surface area contributed by atoms with Crippen molar-refractivity contribution in [2.75, 3.05) is 7.11 Å². The number of rotatable bonds is 4. The predicted octanol–water partition coefficient (Wildman–Crippen LogP) is 3.36. The number of H-pyrrole nitrogens is 1. The standard InChI is InChI=1S/C12H12BrNO2/c1-15-10-3-5-11(6-4-10)16-8-9-2-7-12(13)14-9/h2-7,14H,8H2,1H3. The number of aromatic nitrogens is 1.